The Morgan fingerprint density at radius 1 is 1.65 bits per heavy atom. The normalized spacial score (nSPS) is 11.4. The van der Waals surface area contributed by atoms with Gasteiger partial charge in [0.1, 0.15) is 9.77 Å². The van der Waals surface area contributed by atoms with Gasteiger partial charge in [-0.3, -0.25) is 0 Å². The van der Waals surface area contributed by atoms with Crippen molar-refractivity contribution in [2.45, 2.75) is 11.8 Å². The summed E-state index contributed by atoms with van der Waals surface area (Å²) in [6, 6.07) is 1.12. The predicted octanol–water partition coefficient (Wildman–Crippen LogP) is 2.06. The molecule has 0 unspecified atom stereocenters. The van der Waals surface area contributed by atoms with E-state index in [-0.39, 0.29) is 20.1 Å². The lowest BCUT2D eigenvalue weighted by Crippen LogP contribution is -2.25. The molecular formula is C9H10BrNO4S2. The van der Waals surface area contributed by atoms with Gasteiger partial charge in [-0.15, -0.1) is 11.3 Å². The Kier molecular flexibility index (Phi) is 4.48. The van der Waals surface area contributed by atoms with E-state index in [1.165, 1.54) is 0 Å². The van der Waals surface area contributed by atoms with Crippen molar-refractivity contribution in [3.8, 4) is 0 Å². The number of hydrogen-bond acceptors (Lipinski definition) is 4. The van der Waals surface area contributed by atoms with Crippen LogP contribution in [0.15, 0.2) is 26.9 Å². The van der Waals surface area contributed by atoms with Crippen LogP contribution in [0, 0.1) is 0 Å². The van der Waals surface area contributed by atoms with Crippen LogP contribution in [0.2, 0.25) is 0 Å². The van der Waals surface area contributed by atoms with Crippen molar-refractivity contribution in [2.75, 3.05) is 6.54 Å². The molecule has 5 nitrogen and oxygen atoms in total. The quantitative estimate of drug-likeness (QED) is 0.804. The van der Waals surface area contributed by atoms with Crippen molar-refractivity contribution in [1.29, 1.82) is 0 Å². The lowest BCUT2D eigenvalue weighted by molar-refractivity contribution is 0.0702. The van der Waals surface area contributed by atoms with Gasteiger partial charge in [0.15, 0.2) is 0 Å². The maximum Gasteiger partial charge on any atom is 0.345 e. The average Bonchev–Trinajstić information content (AvgIpc) is 2.58. The molecule has 2 N–H and O–H groups in total. The fourth-order valence-electron chi connectivity index (χ4n) is 0.937. The molecular weight excluding hydrogens is 330 g/mol. The maximum atomic E-state index is 11.8. The number of carbonyl (C=O) groups is 1. The van der Waals surface area contributed by atoms with Crippen LogP contribution in [0.4, 0.5) is 0 Å². The van der Waals surface area contributed by atoms with E-state index in [4.69, 9.17) is 5.11 Å². The van der Waals surface area contributed by atoms with Gasteiger partial charge in [0.05, 0.1) is 3.79 Å². The van der Waals surface area contributed by atoms with Gasteiger partial charge < -0.3 is 5.11 Å². The Labute approximate surface area is 111 Å². The number of carboxylic acids is 1. The highest BCUT2D eigenvalue weighted by molar-refractivity contribution is 9.11. The summed E-state index contributed by atoms with van der Waals surface area (Å²) in [5.41, 5.74) is 0.665. The minimum absolute atomic E-state index is 0.0347. The number of sulfonamides is 1. The zero-order chi connectivity index (χ0) is 13.2. The maximum absolute atomic E-state index is 11.8. The highest BCUT2D eigenvalue weighted by Gasteiger charge is 2.22. The topological polar surface area (TPSA) is 83.5 Å². The largest absolute Gasteiger partial charge is 0.477 e. The minimum atomic E-state index is -3.71. The van der Waals surface area contributed by atoms with Crippen LogP contribution >= 0.6 is 27.3 Å². The van der Waals surface area contributed by atoms with E-state index < -0.39 is 16.0 Å². The lowest BCUT2D eigenvalue weighted by atomic mass is 10.4. The van der Waals surface area contributed by atoms with Crippen LogP contribution in [0.3, 0.4) is 0 Å². The van der Waals surface area contributed by atoms with Crippen molar-refractivity contribution in [3.63, 3.8) is 0 Å². The summed E-state index contributed by atoms with van der Waals surface area (Å²) in [7, 11) is -3.71. The first-order chi connectivity index (χ1) is 7.74. The molecule has 0 spiro atoms. The van der Waals surface area contributed by atoms with E-state index in [9.17, 15) is 13.2 Å². The van der Waals surface area contributed by atoms with Crippen molar-refractivity contribution >= 4 is 43.3 Å². The van der Waals surface area contributed by atoms with Crippen LogP contribution in [-0.2, 0) is 10.0 Å². The smallest absolute Gasteiger partial charge is 0.345 e. The van der Waals surface area contributed by atoms with E-state index in [0.717, 1.165) is 17.4 Å². The SMILES string of the molecule is C=C(C)CNS(=O)(=O)c1cc(C(=O)O)sc1Br. The second-order valence-corrected chi connectivity index (χ2v) is 7.44. The van der Waals surface area contributed by atoms with Crippen LogP contribution in [0.1, 0.15) is 16.6 Å². The zero-order valence-electron chi connectivity index (χ0n) is 8.86. The molecule has 94 valence electrons. The van der Waals surface area contributed by atoms with Crippen LogP contribution in [0.25, 0.3) is 0 Å². The summed E-state index contributed by atoms with van der Waals surface area (Å²) in [5, 5.41) is 8.77. The van der Waals surface area contributed by atoms with Crippen LogP contribution in [-0.4, -0.2) is 26.0 Å². The second kappa shape index (κ2) is 5.30. The van der Waals surface area contributed by atoms with Crippen molar-refractivity contribution in [3.05, 3.63) is 26.9 Å². The fourth-order valence-corrected chi connectivity index (χ4v) is 4.44. The molecule has 0 radical (unpaired) electrons. The number of thiophene rings is 1. The number of aromatic carboxylic acids is 1. The molecule has 0 amide bonds. The number of hydrogen-bond donors (Lipinski definition) is 2. The van der Waals surface area contributed by atoms with Crippen molar-refractivity contribution < 1.29 is 18.3 Å². The van der Waals surface area contributed by atoms with Gasteiger partial charge in [-0.05, 0) is 28.9 Å². The molecule has 8 heteroatoms. The molecule has 0 aliphatic carbocycles. The molecule has 0 aliphatic rings. The van der Waals surface area contributed by atoms with Crippen molar-refractivity contribution in [2.24, 2.45) is 0 Å². The van der Waals surface area contributed by atoms with Gasteiger partial charge in [0.2, 0.25) is 10.0 Å². The third-order valence-corrected chi connectivity index (χ3v) is 5.36. The Morgan fingerprint density at radius 2 is 2.24 bits per heavy atom. The molecule has 0 fully saturated rings. The van der Waals surface area contributed by atoms with Gasteiger partial charge in [-0.1, -0.05) is 12.2 Å². The molecule has 17 heavy (non-hydrogen) atoms. The first kappa shape index (κ1) is 14.4. The highest BCUT2D eigenvalue weighted by Crippen LogP contribution is 2.31. The van der Waals surface area contributed by atoms with Crippen LogP contribution in [0.5, 0.6) is 0 Å². The van der Waals surface area contributed by atoms with Gasteiger partial charge in [0, 0.05) is 6.54 Å². The first-order valence-electron chi connectivity index (χ1n) is 4.40. The summed E-state index contributed by atoms with van der Waals surface area (Å²) < 4.78 is 26.2. The van der Waals surface area contributed by atoms with Gasteiger partial charge in [-0.25, -0.2) is 17.9 Å². The lowest BCUT2D eigenvalue weighted by Gasteiger charge is -2.04. The molecule has 0 aromatic carbocycles. The van der Waals surface area contributed by atoms with E-state index in [0.29, 0.717) is 5.57 Å². The monoisotopic (exact) mass is 339 g/mol. The molecule has 0 atom stereocenters. The number of nitrogens with one attached hydrogen (secondary N) is 1. The summed E-state index contributed by atoms with van der Waals surface area (Å²) in [4.78, 5) is 10.6. The third kappa shape index (κ3) is 3.63. The molecule has 1 aromatic heterocycles. The van der Waals surface area contributed by atoms with Crippen molar-refractivity contribution in [1.82, 2.24) is 4.72 Å². The van der Waals surface area contributed by atoms with Gasteiger partial charge in [0.25, 0.3) is 0 Å². The minimum Gasteiger partial charge on any atom is -0.477 e. The van der Waals surface area contributed by atoms with Crippen LogP contribution < -0.4 is 4.72 Å². The highest BCUT2D eigenvalue weighted by atomic mass is 79.9. The molecule has 1 heterocycles. The number of rotatable bonds is 5. The summed E-state index contributed by atoms with van der Waals surface area (Å²) >= 11 is 3.90. The molecule has 1 rings (SSSR count). The zero-order valence-corrected chi connectivity index (χ0v) is 12.1. The number of halogens is 1. The molecule has 0 saturated heterocycles. The Morgan fingerprint density at radius 3 is 2.65 bits per heavy atom. The summed E-state index contributed by atoms with van der Waals surface area (Å²) in [5.74, 6) is -1.16. The van der Waals surface area contributed by atoms with E-state index in [1.54, 1.807) is 6.92 Å². The Bertz CT molecular complexity index is 562. The Hall–Kier alpha value is -0.700. The van der Waals surface area contributed by atoms with Gasteiger partial charge >= 0.3 is 5.97 Å². The molecule has 0 saturated carbocycles. The molecule has 1 aromatic rings. The molecule has 0 bridgehead atoms. The molecule has 0 aliphatic heterocycles. The van der Waals surface area contributed by atoms with Gasteiger partial charge in [-0.2, -0.15) is 0 Å². The third-order valence-electron chi connectivity index (χ3n) is 1.72. The second-order valence-electron chi connectivity index (χ2n) is 3.34. The summed E-state index contributed by atoms with van der Waals surface area (Å²) in [6.07, 6.45) is 0. The summed E-state index contributed by atoms with van der Waals surface area (Å²) in [6.45, 7) is 5.38. The van der Waals surface area contributed by atoms with E-state index in [2.05, 4.69) is 27.2 Å². The fraction of sp³-hybridized carbons (Fsp3) is 0.222. The standard InChI is InChI=1S/C9H10BrNO4S2/c1-5(2)4-11-17(14,15)7-3-6(9(12)13)16-8(7)10/h3,11H,1,4H2,2H3,(H,12,13). The number of carboxylic acid groups (broad SMARTS) is 1. The van der Waals surface area contributed by atoms with E-state index in [1.807, 2.05) is 0 Å². The first-order valence-corrected chi connectivity index (χ1v) is 7.50. The Balaban J connectivity index is 3.07. The van der Waals surface area contributed by atoms with E-state index >= 15 is 0 Å². The average molecular weight is 340 g/mol. The predicted molar refractivity (Wildman–Crippen MR) is 69.0 cm³/mol.